The Labute approximate surface area is 129 Å². The van der Waals surface area contributed by atoms with E-state index in [1.165, 1.54) is 16.3 Å². The van der Waals surface area contributed by atoms with E-state index in [1.807, 2.05) is 23.1 Å². The number of hydrogen-bond donors (Lipinski definition) is 1. The number of carbonyl (C=O) groups excluding carboxylic acids is 1. The largest absolute Gasteiger partial charge is 0.332 e. The van der Waals surface area contributed by atoms with Crippen LogP contribution < -0.4 is 5.56 Å². The Balaban J connectivity index is 1.87. The predicted molar refractivity (Wildman–Crippen MR) is 84.9 cm³/mol. The van der Waals surface area contributed by atoms with Crippen molar-refractivity contribution in [2.24, 2.45) is 7.05 Å². The molecule has 0 saturated carbocycles. The number of amides is 1. The average molecular weight is 299 g/mol. The van der Waals surface area contributed by atoms with Gasteiger partial charge in [0.2, 0.25) is 0 Å². The number of carbonyl (C=O) groups is 1. The molecule has 0 spiro atoms. The lowest BCUT2D eigenvalue weighted by Crippen LogP contribution is -2.42. The molecule has 1 atom stereocenters. The lowest BCUT2D eigenvalue weighted by atomic mass is 9.91. The molecular weight excluding hydrogens is 278 g/mol. The Kier molecular flexibility index (Phi) is 3.43. The van der Waals surface area contributed by atoms with Crippen molar-refractivity contribution in [3.05, 3.63) is 58.0 Å². The van der Waals surface area contributed by atoms with Gasteiger partial charge in [-0.1, -0.05) is 30.3 Å². The highest BCUT2D eigenvalue weighted by molar-refractivity contribution is 5.93. The molecule has 1 aromatic carbocycles. The highest BCUT2D eigenvalue weighted by Crippen LogP contribution is 2.39. The zero-order valence-corrected chi connectivity index (χ0v) is 13.2. The van der Waals surface area contributed by atoms with Crippen molar-refractivity contribution < 1.29 is 4.79 Å². The molecule has 2 aromatic rings. The second-order valence-electron chi connectivity index (χ2n) is 6.61. The molecule has 0 radical (unpaired) electrons. The van der Waals surface area contributed by atoms with Crippen molar-refractivity contribution in [3.63, 3.8) is 0 Å². The first-order valence-corrected chi connectivity index (χ1v) is 7.51. The van der Waals surface area contributed by atoms with Gasteiger partial charge >= 0.3 is 0 Å². The van der Waals surface area contributed by atoms with E-state index >= 15 is 0 Å². The number of aromatic nitrogens is 2. The minimum atomic E-state index is -0.232. The van der Waals surface area contributed by atoms with Gasteiger partial charge < -0.3 is 4.90 Å². The Morgan fingerprint density at radius 3 is 2.55 bits per heavy atom. The number of H-pyrrole nitrogens is 1. The van der Waals surface area contributed by atoms with Crippen LogP contribution in [-0.2, 0) is 7.05 Å². The van der Waals surface area contributed by atoms with Crippen LogP contribution in [0.25, 0.3) is 0 Å². The second kappa shape index (κ2) is 5.16. The summed E-state index contributed by atoms with van der Waals surface area (Å²) in [5, 5.41) is 2.83. The molecule has 0 bridgehead atoms. The van der Waals surface area contributed by atoms with E-state index in [4.69, 9.17) is 0 Å². The lowest BCUT2D eigenvalue weighted by molar-refractivity contribution is 0.0644. The molecular formula is C17H21N3O2. The van der Waals surface area contributed by atoms with E-state index in [1.54, 1.807) is 7.05 Å². The summed E-state index contributed by atoms with van der Waals surface area (Å²) >= 11 is 0. The fourth-order valence-corrected chi connectivity index (χ4v) is 3.29. The molecule has 2 heterocycles. The number of likely N-dealkylation sites (tertiary alicyclic amines) is 1. The van der Waals surface area contributed by atoms with Gasteiger partial charge in [0.15, 0.2) is 0 Å². The van der Waals surface area contributed by atoms with Crippen molar-refractivity contribution >= 4 is 5.91 Å². The lowest BCUT2D eigenvalue weighted by Gasteiger charge is -2.31. The molecule has 116 valence electrons. The van der Waals surface area contributed by atoms with Gasteiger partial charge in [-0.2, -0.15) is 0 Å². The molecule has 1 aliphatic heterocycles. The standard InChI is InChI=1S/C17H21N3O2/c1-17(2)10-13(12-7-5-4-6-8-12)11-20(17)16(22)14-9-15(21)19(3)18-14/h4-9,13,18H,10-11H2,1-3H3. The van der Waals surface area contributed by atoms with Crippen LogP contribution in [0.1, 0.15) is 42.2 Å². The monoisotopic (exact) mass is 299 g/mol. The van der Waals surface area contributed by atoms with E-state index in [0.717, 1.165) is 6.42 Å². The van der Waals surface area contributed by atoms with Crippen molar-refractivity contribution in [1.29, 1.82) is 0 Å². The molecule has 5 heteroatoms. The maximum atomic E-state index is 12.7. The van der Waals surface area contributed by atoms with Gasteiger partial charge in [-0.05, 0) is 25.8 Å². The summed E-state index contributed by atoms with van der Waals surface area (Å²) in [6.45, 7) is 4.83. The minimum absolute atomic E-state index is 0.110. The highest BCUT2D eigenvalue weighted by Gasteiger charge is 2.42. The van der Waals surface area contributed by atoms with Gasteiger partial charge in [-0.15, -0.1) is 0 Å². The van der Waals surface area contributed by atoms with Crippen LogP contribution in [-0.4, -0.2) is 32.7 Å². The van der Waals surface area contributed by atoms with Crippen molar-refractivity contribution in [1.82, 2.24) is 14.7 Å². The zero-order valence-electron chi connectivity index (χ0n) is 13.2. The summed E-state index contributed by atoms with van der Waals surface area (Å²) in [6, 6.07) is 11.6. The number of benzene rings is 1. The van der Waals surface area contributed by atoms with E-state index in [9.17, 15) is 9.59 Å². The third-order valence-corrected chi connectivity index (χ3v) is 4.51. The summed E-state index contributed by atoms with van der Waals surface area (Å²) in [5.74, 6) is 0.219. The average Bonchev–Trinajstić information content (AvgIpc) is 2.99. The van der Waals surface area contributed by atoms with E-state index in [2.05, 4.69) is 31.1 Å². The van der Waals surface area contributed by atoms with Crippen LogP contribution in [0.2, 0.25) is 0 Å². The Bertz CT molecular complexity index is 743. The van der Waals surface area contributed by atoms with Crippen LogP contribution in [0.4, 0.5) is 0 Å². The number of aryl methyl sites for hydroxylation is 1. The Morgan fingerprint density at radius 1 is 1.27 bits per heavy atom. The van der Waals surface area contributed by atoms with Crippen molar-refractivity contribution in [2.45, 2.75) is 31.7 Å². The van der Waals surface area contributed by atoms with Crippen LogP contribution in [0.15, 0.2) is 41.2 Å². The molecule has 22 heavy (non-hydrogen) atoms. The van der Waals surface area contributed by atoms with Gasteiger partial charge in [0, 0.05) is 31.1 Å². The highest BCUT2D eigenvalue weighted by atomic mass is 16.2. The smallest absolute Gasteiger partial charge is 0.272 e. The zero-order chi connectivity index (χ0) is 15.9. The van der Waals surface area contributed by atoms with E-state index in [0.29, 0.717) is 18.2 Å². The van der Waals surface area contributed by atoms with Gasteiger partial charge in [0.1, 0.15) is 5.69 Å². The summed E-state index contributed by atoms with van der Waals surface area (Å²) in [5.41, 5.74) is 1.19. The SMILES string of the molecule is Cn1[nH]c(C(=O)N2CC(c3ccccc3)CC2(C)C)cc1=O. The van der Waals surface area contributed by atoms with E-state index < -0.39 is 0 Å². The molecule has 3 rings (SSSR count). The Morgan fingerprint density at radius 2 is 1.95 bits per heavy atom. The normalized spacial score (nSPS) is 20.3. The quantitative estimate of drug-likeness (QED) is 0.923. The molecule has 1 saturated heterocycles. The molecule has 0 aliphatic carbocycles. The van der Waals surface area contributed by atoms with Gasteiger partial charge in [-0.3, -0.25) is 19.4 Å². The molecule has 1 unspecified atom stereocenters. The van der Waals surface area contributed by atoms with Gasteiger partial charge in [0.05, 0.1) is 0 Å². The number of nitrogens with one attached hydrogen (secondary N) is 1. The maximum Gasteiger partial charge on any atom is 0.272 e. The first kappa shape index (κ1) is 14.6. The molecule has 1 N–H and O–H groups in total. The van der Waals surface area contributed by atoms with Gasteiger partial charge in [0.25, 0.3) is 11.5 Å². The predicted octanol–water partition coefficient (Wildman–Crippen LogP) is 2.12. The van der Waals surface area contributed by atoms with Gasteiger partial charge in [-0.25, -0.2) is 0 Å². The van der Waals surface area contributed by atoms with Crippen molar-refractivity contribution in [3.8, 4) is 0 Å². The van der Waals surface area contributed by atoms with Crippen LogP contribution in [0, 0.1) is 0 Å². The Hall–Kier alpha value is -2.30. The fourth-order valence-electron chi connectivity index (χ4n) is 3.29. The maximum absolute atomic E-state index is 12.7. The third-order valence-electron chi connectivity index (χ3n) is 4.51. The molecule has 1 aromatic heterocycles. The molecule has 1 amide bonds. The van der Waals surface area contributed by atoms with E-state index in [-0.39, 0.29) is 17.0 Å². The van der Waals surface area contributed by atoms with Crippen LogP contribution in [0.5, 0.6) is 0 Å². The third kappa shape index (κ3) is 2.47. The summed E-state index contributed by atoms with van der Waals surface area (Å²) < 4.78 is 1.32. The topological polar surface area (TPSA) is 58.1 Å². The van der Waals surface area contributed by atoms with Crippen molar-refractivity contribution in [2.75, 3.05) is 6.54 Å². The number of aromatic amines is 1. The second-order valence-corrected chi connectivity index (χ2v) is 6.61. The van der Waals surface area contributed by atoms with Crippen LogP contribution >= 0.6 is 0 Å². The summed E-state index contributed by atoms with van der Waals surface area (Å²) in [4.78, 5) is 26.2. The number of hydrogen-bond acceptors (Lipinski definition) is 2. The number of nitrogens with zero attached hydrogens (tertiary/aromatic N) is 2. The minimum Gasteiger partial charge on any atom is -0.332 e. The summed E-state index contributed by atoms with van der Waals surface area (Å²) in [7, 11) is 1.61. The molecule has 5 nitrogen and oxygen atoms in total. The molecule has 1 aliphatic rings. The fraction of sp³-hybridized carbons (Fsp3) is 0.412. The first-order chi connectivity index (χ1) is 10.4. The molecule has 1 fully saturated rings. The number of rotatable bonds is 2. The van der Waals surface area contributed by atoms with Crippen LogP contribution in [0.3, 0.4) is 0 Å². The summed E-state index contributed by atoms with van der Waals surface area (Å²) in [6.07, 6.45) is 0.916. The first-order valence-electron chi connectivity index (χ1n) is 7.51.